The van der Waals surface area contributed by atoms with E-state index in [4.69, 9.17) is 14.2 Å². The number of methoxy groups -OCH3 is 3. The zero-order valence-electron chi connectivity index (χ0n) is 15.6. The van der Waals surface area contributed by atoms with Gasteiger partial charge in [-0.15, -0.1) is 0 Å². The Balaban J connectivity index is 2.32. The Morgan fingerprint density at radius 1 is 1.27 bits per heavy atom. The molecule has 1 spiro atoms. The standard InChI is InChI=1S/C19H25NO6/c1-5-20-13-11-12(21)7-10-18(13)8-6-9-19(16(20)22,17(23)26-4)14(18)15(24-2)25-3/h7,10-11,14-15H,5-6,8-9H2,1-4H3/t14-,18+,19+/m1/s1. The summed E-state index contributed by atoms with van der Waals surface area (Å²) < 4.78 is 16.2. The van der Waals surface area contributed by atoms with Crippen LogP contribution in [0, 0.1) is 16.7 Å². The van der Waals surface area contributed by atoms with Gasteiger partial charge in [0.15, 0.2) is 17.5 Å². The molecule has 0 aromatic rings. The van der Waals surface area contributed by atoms with E-state index in [0.29, 0.717) is 31.5 Å². The quantitative estimate of drug-likeness (QED) is 0.418. The van der Waals surface area contributed by atoms with Crippen molar-refractivity contribution in [1.82, 2.24) is 4.90 Å². The van der Waals surface area contributed by atoms with Gasteiger partial charge < -0.3 is 19.1 Å². The Labute approximate surface area is 152 Å². The molecule has 1 saturated carbocycles. The predicted molar refractivity (Wildman–Crippen MR) is 91.6 cm³/mol. The van der Waals surface area contributed by atoms with E-state index < -0.39 is 29.0 Å². The number of hydrogen-bond acceptors (Lipinski definition) is 6. The second kappa shape index (κ2) is 6.63. The average Bonchev–Trinajstić information content (AvgIpc) is 2.65. The Bertz CT molecular complexity index is 694. The number of piperidine rings is 1. The molecule has 3 aliphatic rings. The normalized spacial score (nSPS) is 33.2. The van der Waals surface area contributed by atoms with Crippen LogP contribution in [0.1, 0.15) is 26.2 Å². The average molecular weight is 363 g/mol. The minimum absolute atomic E-state index is 0.168. The first-order valence-corrected chi connectivity index (χ1v) is 8.84. The zero-order chi connectivity index (χ0) is 19.1. The molecular formula is C19H25NO6. The Morgan fingerprint density at radius 3 is 2.54 bits per heavy atom. The fraction of sp³-hybridized carbons (Fsp3) is 0.632. The van der Waals surface area contributed by atoms with Crippen LogP contribution in [0.4, 0.5) is 0 Å². The first kappa shape index (κ1) is 18.8. The van der Waals surface area contributed by atoms with Crippen molar-refractivity contribution >= 4 is 17.7 Å². The van der Waals surface area contributed by atoms with Crippen molar-refractivity contribution in [2.45, 2.75) is 32.5 Å². The van der Waals surface area contributed by atoms with Gasteiger partial charge >= 0.3 is 5.97 Å². The summed E-state index contributed by atoms with van der Waals surface area (Å²) in [5.41, 5.74) is -1.47. The molecule has 26 heavy (non-hydrogen) atoms. The van der Waals surface area contributed by atoms with E-state index in [1.54, 1.807) is 4.90 Å². The molecule has 2 bridgehead atoms. The Morgan fingerprint density at radius 2 is 1.96 bits per heavy atom. The maximum Gasteiger partial charge on any atom is 0.321 e. The number of rotatable bonds is 5. The predicted octanol–water partition coefficient (Wildman–Crippen LogP) is 1.44. The molecule has 1 heterocycles. The van der Waals surface area contributed by atoms with Crippen molar-refractivity contribution in [3.63, 3.8) is 0 Å². The largest absolute Gasteiger partial charge is 0.468 e. The summed E-state index contributed by atoms with van der Waals surface area (Å²) in [5.74, 6) is -1.70. The molecule has 0 aromatic carbocycles. The third-order valence-electron chi connectivity index (χ3n) is 6.07. The van der Waals surface area contributed by atoms with E-state index in [0.717, 1.165) is 0 Å². The summed E-state index contributed by atoms with van der Waals surface area (Å²) in [6, 6.07) is 0. The molecule has 7 nitrogen and oxygen atoms in total. The van der Waals surface area contributed by atoms with Gasteiger partial charge in [0, 0.05) is 43.9 Å². The number of ether oxygens (including phenoxy) is 3. The summed E-state index contributed by atoms with van der Waals surface area (Å²) in [4.78, 5) is 40.1. The molecule has 0 N–H and O–H groups in total. The van der Waals surface area contributed by atoms with Crippen molar-refractivity contribution in [3.05, 3.63) is 23.9 Å². The number of likely N-dealkylation sites (tertiary alicyclic amines) is 1. The van der Waals surface area contributed by atoms with Gasteiger partial charge in [0.2, 0.25) is 5.91 Å². The fourth-order valence-corrected chi connectivity index (χ4v) is 5.09. The van der Waals surface area contributed by atoms with E-state index in [1.165, 1.54) is 33.5 Å². The molecule has 2 aliphatic carbocycles. The lowest BCUT2D eigenvalue weighted by Gasteiger charge is -2.60. The molecular weight excluding hydrogens is 338 g/mol. The highest BCUT2D eigenvalue weighted by molar-refractivity contribution is 6.08. The number of carbonyl (C=O) groups is 3. The van der Waals surface area contributed by atoms with Gasteiger partial charge in [0.25, 0.3) is 0 Å². The van der Waals surface area contributed by atoms with Gasteiger partial charge in [-0.05, 0) is 25.8 Å². The number of carbonyl (C=O) groups excluding carboxylic acids is 3. The number of ketones is 1. The summed E-state index contributed by atoms with van der Waals surface area (Å²) in [7, 11) is 4.27. The highest BCUT2D eigenvalue weighted by Gasteiger charge is 2.70. The lowest BCUT2D eigenvalue weighted by molar-refractivity contribution is -0.226. The van der Waals surface area contributed by atoms with Gasteiger partial charge in [-0.2, -0.15) is 0 Å². The lowest BCUT2D eigenvalue weighted by Crippen LogP contribution is -2.69. The first-order chi connectivity index (χ1) is 12.4. The maximum absolute atomic E-state index is 13.5. The topological polar surface area (TPSA) is 82.1 Å². The minimum Gasteiger partial charge on any atom is -0.468 e. The molecule has 1 saturated heterocycles. The maximum atomic E-state index is 13.5. The molecule has 3 atom stereocenters. The minimum atomic E-state index is -1.40. The molecule has 0 radical (unpaired) electrons. The molecule has 2 fully saturated rings. The van der Waals surface area contributed by atoms with E-state index >= 15 is 0 Å². The zero-order valence-corrected chi connectivity index (χ0v) is 15.6. The fourth-order valence-electron chi connectivity index (χ4n) is 5.09. The molecule has 0 aromatic heterocycles. The smallest absolute Gasteiger partial charge is 0.321 e. The lowest BCUT2D eigenvalue weighted by atomic mass is 9.49. The van der Waals surface area contributed by atoms with Crippen molar-refractivity contribution in [3.8, 4) is 0 Å². The van der Waals surface area contributed by atoms with Gasteiger partial charge in [0.05, 0.1) is 7.11 Å². The van der Waals surface area contributed by atoms with Crippen molar-refractivity contribution in [2.75, 3.05) is 27.9 Å². The summed E-state index contributed by atoms with van der Waals surface area (Å²) >= 11 is 0. The summed E-state index contributed by atoms with van der Waals surface area (Å²) in [6.45, 7) is 2.20. The van der Waals surface area contributed by atoms with Crippen LogP contribution in [0.3, 0.4) is 0 Å². The van der Waals surface area contributed by atoms with E-state index in [1.807, 2.05) is 13.0 Å². The molecule has 142 valence electrons. The van der Waals surface area contributed by atoms with Gasteiger partial charge in [0.1, 0.15) is 0 Å². The van der Waals surface area contributed by atoms with Crippen LogP contribution in [0.15, 0.2) is 23.9 Å². The molecule has 1 amide bonds. The van der Waals surface area contributed by atoms with Crippen LogP contribution >= 0.6 is 0 Å². The number of esters is 1. The van der Waals surface area contributed by atoms with Crippen LogP contribution in [0.2, 0.25) is 0 Å². The van der Waals surface area contributed by atoms with Crippen LogP contribution in [0.25, 0.3) is 0 Å². The van der Waals surface area contributed by atoms with Crippen molar-refractivity contribution in [2.24, 2.45) is 16.7 Å². The number of fused-ring (bicyclic) bond motifs is 1. The SMILES string of the molecule is CCN1C(=O)[C@]2(C(=O)OC)CCC[C@@]3(C=CC(=O)C=C13)[C@H]2C(OC)OC. The third-order valence-corrected chi connectivity index (χ3v) is 6.07. The van der Waals surface area contributed by atoms with Gasteiger partial charge in [-0.3, -0.25) is 14.4 Å². The Kier molecular flexibility index (Phi) is 4.79. The molecule has 1 aliphatic heterocycles. The van der Waals surface area contributed by atoms with E-state index in [9.17, 15) is 14.4 Å². The van der Waals surface area contributed by atoms with Gasteiger partial charge in [-0.25, -0.2) is 0 Å². The second-order valence-electron chi connectivity index (χ2n) is 6.99. The highest BCUT2D eigenvalue weighted by Crippen LogP contribution is 2.63. The third kappa shape index (κ3) is 2.23. The number of amides is 1. The van der Waals surface area contributed by atoms with Crippen LogP contribution < -0.4 is 0 Å². The number of hydrogen-bond donors (Lipinski definition) is 0. The van der Waals surface area contributed by atoms with E-state index in [2.05, 4.69) is 0 Å². The monoisotopic (exact) mass is 363 g/mol. The number of nitrogens with zero attached hydrogens (tertiary/aromatic N) is 1. The molecule has 0 unspecified atom stereocenters. The summed E-state index contributed by atoms with van der Waals surface area (Å²) in [5, 5.41) is 0. The van der Waals surface area contributed by atoms with Crippen LogP contribution in [-0.4, -0.2) is 56.7 Å². The molecule has 7 heteroatoms. The highest BCUT2D eigenvalue weighted by atomic mass is 16.7. The van der Waals surface area contributed by atoms with Crippen molar-refractivity contribution in [1.29, 1.82) is 0 Å². The van der Waals surface area contributed by atoms with Crippen molar-refractivity contribution < 1.29 is 28.6 Å². The molecule has 3 rings (SSSR count). The van der Waals surface area contributed by atoms with Crippen LogP contribution in [0.5, 0.6) is 0 Å². The van der Waals surface area contributed by atoms with Gasteiger partial charge in [-0.1, -0.05) is 12.5 Å². The van der Waals surface area contributed by atoms with E-state index in [-0.39, 0.29) is 11.7 Å². The number of allylic oxidation sites excluding steroid dienone is 3. The Hall–Kier alpha value is -1.99. The first-order valence-electron chi connectivity index (χ1n) is 8.84. The summed E-state index contributed by atoms with van der Waals surface area (Å²) in [6.07, 6.45) is 5.76. The van der Waals surface area contributed by atoms with Crippen LogP contribution in [-0.2, 0) is 28.6 Å². The second-order valence-corrected chi connectivity index (χ2v) is 6.99.